The van der Waals surface area contributed by atoms with Gasteiger partial charge < -0.3 is 14.6 Å². The Morgan fingerprint density at radius 3 is 2.28 bits per heavy atom. The van der Waals surface area contributed by atoms with Crippen LogP contribution in [0.4, 0.5) is 0 Å². The van der Waals surface area contributed by atoms with Gasteiger partial charge in [0.15, 0.2) is 6.61 Å². The Morgan fingerprint density at radius 1 is 1.12 bits per heavy atom. The van der Waals surface area contributed by atoms with E-state index in [2.05, 4.69) is 5.32 Å². The third kappa shape index (κ3) is 4.56. The second-order valence-corrected chi connectivity index (χ2v) is 5.95. The summed E-state index contributed by atoms with van der Waals surface area (Å²) in [4.78, 5) is 35.2. The summed E-state index contributed by atoms with van der Waals surface area (Å²) in [5.74, 6) is -0.894. The molecule has 0 spiro atoms. The summed E-state index contributed by atoms with van der Waals surface area (Å²) >= 11 is 0. The number of aromatic nitrogens is 1. The van der Waals surface area contributed by atoms with Crippen molar-refractivity contribution < 1.29 is 19.1 Å². The van der Waals surface area contributed by atoms with Crippen LogP contribution in [0.2, 0.25) is 0 Å². The Bertz CT molecular complexity index is 804. The van der Waals surface area contributed by atoms with Crippen molar-refractivity contribution in [2.45, 2.75) is 27.3 Å². The minimum Gasteiger partial charge on any atom is -0.454 e. The SMILES string of the molecule is CC(=O)NCc1ccc(C(=O)OCC(=O)c2cc(C)n(C)c2C)cc1. The maximum Gasteiger partial charge on any atom is 0.338 e. The number of ketones is 1. The zero-order chi connectivity index (χ0) is 18.6. The number of Topliss-reactive ketones (excluding diaryl/α,β-unsaturated/α-hetero) is 1. The van der Waals surface area contributed by atoms with Crippen molar-refractivity contribution in [3.8, 4) is 0 Å². The van der Waals surface area contributed by atoms with Crippen molar-refractivity contribution in [2.24, 2.45) is 7.05 Å². The van der Waals surface area contributed by atoms with Crippen LogP contribution in [0, 0.1) is 13.8 Å². The predicted molar refractivity (Wildman–Crippen MR) is 93.5 cm³/mol. The first kappa shape index (κ1) is 18.4. The van der Waals surface area contributed by atoms with E-state index in [-0.39, 0.29) is 18.3 Å². The van der Waals surface area contributed by atoms with Gasteiger partial charge >= 0.3 is 5.97 Å². The third-order valence-electron chi connectivity index (χ3n) is 4.14. The number of benzene rings is 1. The highest BCUT2D eigenvalue weighted by Gasteiger charge is 2.16. The number of amides is 1. The summed E-state index contributed by atoms with van der Waals surface area (Å²) in [5, 5.41) is 2.68. The molecule has 0 fully saturated rings. The molecule has 6 nitrogen and oxygen atoms in total. The number of carbonyl (C=O) groups is 3. The lowest BCUT2D eigenvalue weighted by atomic mass is 10.1. The summed E-state index contributed by atoms with van der Waals surface area (Å²) < 4.78 is 7.04. The van der Waals surface area contributed by atoms with E-state index < -0.39 is 5.97 Å². The Labute approximate surface area is 146 Å². The average Bonchev–Trinajstić information content (AvgIpc) is 2.85. The number of nitrogens with one attached hydrogen (secondary N) is 1. The quantitative estimate of drug-likeness (QED) is 0.645. The number of esters is 1. The zero-order valence-corrected chi connectivity index (χ0v) is 14.9. The molecular formula is C19H22N2O4. The van der Waals surface area contributed by atoms with Gasteiger partial charge in [-0.2, -0.15) is 0 Å². The van der Waals surface area contributed by atoms with Crippen LogP contribution in [-0.4, -0.2) is 28.8 Å². The first-order valence-electron chi connectivity index (χ1n) is 7.96. The van der Waals surface area contributed by atoms with Crippen molar-refractivity contribution in [3.63, 3.8) is 0 Å². The maximum absolute atomic E-state index is 12.2. The largest absolute Gasteiger partial charge is 0.454 e. The van der Waals surface area contributed by atoms with Gasteiger partial charge in [0, 0.05) is 37.5 Å². The monoisotopic (exact) mass is 342 g/mol. The Balaban J connectivity index is 1.94. The fourth-order valence-corrected chi connectivity index (χ4v) is 2.42. The van der Waals surface area contributed by atoms with Crippen LogP contribution < -0.4 is 5.32 Å². The second-order valence-electron chi connectivity index (χ2n) is 5.95. The van der Waals surface area contributed by atoms with Gasteiger partial charge in [0.1, 0.15) is 0 Å². The van der Waals surface area contributed by atoms with Crippen LogP contribution in [0.3, 0.4) is 0 Å². The Morgan fingerprint density at radius 2 is 1.76 bits per heavy atom. The minimum absolute atomic E-state index is 0.117. The van der Waals surface area contributed by atoms with Crippen LogP contribution in [0.15, 0.2) is 30.3 Å². The van der Waals surface area contributed by atoms with Crippen LogP contribution in [-0.2, 0) is 23.1 Å². The summed E-state index contributed by atoms with van der Waals surface area (Å²) in [5.41, 5.74) is 3.62. The zero-order valence-electron chi connectivity index (χ0n) is 14.9. The normalized spacial score (nSPS) is 10.4. The number of hydrogen-bond donors (Lipinski definition) is 1. The Kier molecular flexibility index (Phi) is 5.75. The molecule has 1 aromatic carbocycles. The molecule has 1 heterocycles. The number of carbonyl (C=O) groups excluding carboxylic acids is 3. The van der Waals surface area contributed by atoms with Crippen LogP contribution in [0.1, 0.15) is 44.6 Å². The fraction of sp³-hybridized carbons (Fsp3) is 0.316. The molecule has 0 aliphatic rings. The molecule has 1 amide bonds. The number of rotatable bonds is 6. The molecular weight excluding hydrogens is 320 g/mol. The molecule has 0 saturated carbocycles. The molecule has 2 aromatic rings. The maximum atomic E-state index is 12.2. The van der Waals surface area contributed by atoms with Crippen molar-refractivity contribution in [1.29, 1.82) is 0 Å². The minimum atomic E-state index is -0.551. The van der Waals surface area contributed by atoms with Gasteiger partial charge in [-0.25, -0.2) is 4.79 Å². The predicted octanol–water partition coefficient (Wildman–Crippen LogP) is 2.32. The molecule has 0 unspecified atom stereocenters. The first-order valence-corrected chi connectivity index (χ1v) is 7.96. The molecule has 6 heteroatoms. The highest BCUT2D eigenvalue weighted by Crippen LogP contribution is 2.14. The summed E-state index contributed by atoms with van der Waals surface area (Å²) in [6.07, 6.45) is 0. The summed E-state index contributed by atoms with van der Waals surface area (Å²) in [6.45, 7) is 5.32. The van der Waals surface area contributed by atoms with Crippen molar-refractivity contribution in [3.05, 3.63) is 58.4 Å². The first-order chi connectivity index (χ1) is 11.8. The standard InChI is InChI=1S/C19H22N2O4/c1-12-9-17(13(2)21(12)4)18(23)11-25-19(24)16-7-5-15(6-8-16)10-20-14(3)22/h5-9H,10-11H2,1-4H3,(H,20,22). The lowest BCUT2D eigenvalue weighted by Gasteiger charge is -2.06. The van der Waals surface area contributed by atoms with E-state index in [4.69, 9.17) is 4.74 Å². The number of nitrogens with zero attached hydrogens (tertiary/aromatic N) is 1. The molecule has 0 aliphatic carbocycles. The second kappa shape index (κ2) is 7.79. The van der Waals surface area contributed by atoms with Crippen molar-refractivity contribution in [1.82, 2.24) is 9.88 Å². The highest BCUT2D eigenvalue weighted by molar-refractivity contribution is 6.00. The van der Waals surface area contributed by atoms with E-state index in [1.165, 1.54) is 6.92 Å². The molecule has 132 valence electrons. The lowest BCUT2D eigenvalue weighted by molar-refractivity contribution is -0.119. The molecule has 0 radical (unpaired) electrons. The van der Waals surface area contributed by atoms with Gasteiger partial charge in [-0.05, 0) is 37.6 Å². The number of ether oxygens (including phenoxy) is 1. The summed E-state index contributed by atoms with van der Waals surface area (Å²) in [6, 6.07) is 8.49. The highest BCUT2D eigenvalue weighted by atomic mass is 16.5. The lowest BCUT2D eigenvalue weighted by Crippen LogP contribution is -2.19. The molecule has 1 N–H and O–H groups in total. The van der Waals surface area contributed by atoms with E-state index in [0.717, 1.165) is 17.0 Å². The molecule has 25 heavy (non-hydrogen) atoms. The van der Waals surface area contributed by atoms with Crippen molar-refractivity contribution in [2.75, 3.05) is 6.61 Å². The molecule has 0 saturated heterocycles. The van der Waals surface area contributed by atoms with E-state index in [1.54, 1.807) is 30.3 Å². The van der Waals surface area contributed by atoms with E-state index in [1.807, 2.05) is 25.5 Å². The third-order valence-corrected chi connectivity index (χ3v) is 4.14. The van der Waals surface area contributed by atoms with E-state index in [9.17, 15) is 14.4 Å². The van der Waals surface area contributed by atoms with Crippen molar-refractivity contribution >= 4 is 17.7 Å². The molecule has 0 bridgehead atoms. The van der Waals surface area contributed by atoms with E-state index in [0.29, 0.717) is 17.7 Å². The fourth-order valence-electron chi connectivity index (χ4n) is 2.42. The van der Waals surface area contributed by atoms with Gasteiger partial charge in [-0.1, -0.05) is 12.1 Å². The van der Waals surface area contributed by atoms with Gasteiger partial charge in [-0.15, -0.1) is 0 Å². The van der Waals surface area contributed by atoms with Gasteiger partial charge in [0.25, 0.3) is 0 Å². The number of aryl methyl sites for hydroxylation is 1. The van der Waals surface area contributed by atoms with Gasteiger partial charge in [0.2, 0.25) is 11.7 Å². The van der Waals surface area contributed by atoms with Crippen LogP contribution in [0.5, 0.6) is 0 Å². The smallest absolute Gasteiger partial charge is 0.338 e. The molecule has 1 aromatic heterocycles. The van der Waals surface area contributed by atoms with E-state index >= 15 is 0 Å². The number of hydrogen-bond acceptors (Lipinski definition) is 4. The van der Waals surface area contributed by atoms with Crippen LogP contribution in [0.25, 0.3) is 0 Å². The van der Waals surface area contributed by atoms with Gasteiger partial charge in [0.05, 0.1) is 5.56 Å². The Hall–Kier alpha value is -2.89. The molecule has 0 atom stereocenters. The average molecular weight is 342 g/mol. The topological polar surface area (TPSA) is 77.4 Å². The molecule has 0 aliphatic heterocycles. The van der Waals surface area contributed by atoms with Gasteiger partial charge in [-0.3, -0.25) is 9.59 Å². The molecule has 2 rings (SSSR count). The van der Waals surface area contributed by atoms with Crippen LogP contribution >= 0.6 is 0 Å². The summed E-state index contributed by atoms with van der Waals surface area (Å²) in [7, 11) is 1.88.